The van der Waals surface area contributed by atoms with Crippen molar-refractivity contribution in [1.29, 1.82) is 0 Å². The number of aromatic nitrogens is 2. The van der Waals surface area contributed by atoms with Crippen LogP contribution in [0.4, 0.5) is 4.39 Å². The van der Waals surface area contributed by atoms with Crippen molar-refractivity contribution in [1.82, 2.24) is 9.55 Å². The summed E-state index contributed by atoms with van der Waals surface area (Å²) in [6, 6.07) is 0. The van der Waals surface area contributed by atoms with Gasteiger partial charge in [0.1, 0.15) is 3.70 Å². The summed E-state index contributed by atoms with van der Waals surface area (Å²) in [5, 5.41) is 0. The number of hydrogen-bond acceptors (Lipinski definition) is 1. The van der Waals surface area contributed by atoms with Crippen molar-refractivity contribution in [3.63, 3.8) is 0 Å². The molecule has 0 aliphatic heterocycles. The summed E-state index contributed by atoms with van der Waals surface area (Å²) < 4.78 is 15.2. The molecular formula is C8H12FIN2. The van der Waals surface area contributed by atoms with Gasteiger partial charge in [0.05, 0.1) is 5.69 Å². The van der Waals surface area contributed by atoms with E-state index in [1.165, 1.54) is 4.57 Å². The van der Waals surface area contributed by atoms with Gasteiger partial charge in [-0.2, -0.15) is 9.37 Å². The predicted octanol–water partition coefficient (Wildman–Crippen LogP) is 2.46. The van der Waals surface area contributed by atoms with E-state index in [2.05, 4.69) is 27.6 Å². The van der Waals surface area contributed by atoms with Crippen LogP contribution in [-0.4, -0.2) is 9.55 Å². The Morgan fingerprint density at radius 1 is 1.42 bits per heavy atom. The van der Waals surface area contributed by atoms with Crippen LogP contribution >= 0.6 is 22.6 Å². The van der Waals surface area contributed by atoms with Gasteiger partial charge in [-0.05, 0) is 22.6 Å². The van der Waals surface area contributed by atoms with Crippen molar-refractivity contribution < 1.29 is 4.39 Å². The fraction of sp³-hybridized carbons (Fsp3) is 0.625. The zero-order valence-corrected chi connectivity index (χ0v) is 9.81. The third kappa shape index (κ3) is 1.62. The molecule has 0 aliphatic rings. The molecule has 0 atom stereocenters. The monoisotopic (exact) mass is 282 g/mol. The van der Waals surface area contributed by atoms with Gasteiger partial charge in [-0.25, -0.2) is 0 Å². The summed E-state index contributed by atoms with van der Waals surface area (Å²) in [6.45, 7) is 6.14. The Hall–Kier alpha value is -0.130. The van der Waals surface area contributed by atoms with Crippen molar-refractivity contribution in [3.8, 4) is 0 Å². The van der Waals surface area contributed by atoms with Crippen LogP contribution in [0.25, 0.3) is 0 Å². The Kier molecular flexibility index (Phi) is 2.47. The Bertz CT molecular complexity index is 299. The predicted molar refractivity (Wildman–Crippen MR) is 54.6 cm³/mol. The van der Waals surface area contributed by atoms with Gasteiger partial charge in [0.25, 0.3) is 6.08 Å². The Balaban J connectivity index is 3.32. The van der Waals surface area contributed by atoms with Crippen molar-refractivity contribution >= 4 is 22.6 Å². The first kappa shape index (κ1) is 9.95. The molecule has 12 heavy (non-hydrogen) atoms. The summed E-state index contributed by atoms with van der Waals surface area (Å²) in [6.07, 6.45) is -0.413. The average molecular weight is 282 g/mol. The van der Waals surface area contributed by atoms with E-state index in [1.54, 1.807) is 7.05 Å². The van der Waals surface area contributed by atoms with Crippen LogP contribution in [0.15, 0.2) is 0 Å². The number of hydrogen-bond donors (Lipinski definition) is 0. The third-order valence-corrected chi connectivity index (χ3v) is 2.46. The molecule has 0 aliphatic carbocycles. The minimum atomic E-state index is -0.413. The lowest BCUT2D eigenvalue weighted by molar-refractivity contribution is 0.464. The van der Waals surface area contributed by atoms with Gasteiger partial charge in [-0.3, -0.25) is 0 Å². The fourth-order valence-electron chi connectivity index (χ4n) is 1.25. The fourth-order valence-corrected chi connectivity index (χ4v) is 2.62. The van der Waals surface area contributed by atoms with Gasteiger partial charge in [-0.1, -0.05) is 20.8 Å². The third-order valence-electron chi connectivity index (χ3n) is 1.71. The molecule has 0 unspecified atom stereocenters. The first-order chi connectivity index (χ1) is 5.34. The van der Waals surface area contributed by atoms with Crippen LogP contribution in [0.2, 0.25) is 0 Å². The SMILES string of the molecule is Cn1c(F)nc(I)c1C(C)(C)C. The topological polar surface area (TPSA) is 17.8 Å². The lowest BCUT2D eigenvalue weighted by Gasteiger charge is -2.19. The molecule has 0 amide bonds. The number of rotatable bonds is 0. The largest absolute Gasteiger partial charge is 0.306 e. The second-order valence-electron chi connectivity index (χ2n) is 3.83. The summed E-state index contributed by atoms with van der Waals surface area (Å²) in [4.78, 5) is 3.76. The molecule has 4 heteroatoms. The average Bonchev–Trinajstić information content (AvgIpc) is 2.05. The minimum Gasteiger partial charge on any atom is -0.306 e. The molecule has 0 bridgehead atoms. The lowest BCUT2D eigenvalue weighted by atomic mass is 9.93. The Morgan fingerprint density at radius 2 is 1.92 bits per heavy atom. The normalized spacial score (nSPS) is 12.2. The van der Waals surface area contributed by atoms with E-state index in [1.807, 2.05) is 20.8 Å². The molecule has 0 aromatic carbocycles. The number of halogens is 2. The van der Waals surface area contributed by atoms with Crippen molar-refractivity contribution in [2.75, 3.05) is 0 Å². The standard InChI is InChI=1S/C8H12FIN2/c1-8(2,3)5-6(10)11-7(9)12(5)4/h1-4H3. The van der Waals surface area contributed by atoms with Gasteiger partial charge < -0.3 is 4.57 Å². The molecule has 0 saturated carbocycles. The van der Waals surface area contributed by atoms with Crippen LogP contribution < -0.4 is 0 Å². The Morgan fingerprint density at radius 3 is 2.08 bits per heavy atom. The Labute approximate surface area is 85.3 Å². The van der Waals surface area contributed by atoms with Crippen molar-refractivity contribution in [2.45, 2.75) is 26.2 Å². The van der Waals surface area contributed by atoms with Crippen molar-refractivity contribution in [3.05, 3.63) is 15.5 Å². The molecule has 0 spiro atoms. The highest BCUT2D eigenvalue weighted by molar-refractivity contribution is 14.1. The van der Waals surface area contributed by atoms with E-state index in [4.69, 9.17) is 0 Å². The van der Waals surface area contributed by atoms with Crippen LogP contribution in [0, 0.1) is 9.78 Å². The van der Waals surface area contributed by atoms with Gasteiger partial charge in [0, 0.05) is 12.5 Å². The van der Waals surface area contributed by atoms with E-state index < -0.39 is 6.08 Å². The maximum absolute atomic E-state index is 13.0. The lowest BCUT2D eigenvalue weighted by Crippen LogP contribution is -2.17. The van der Waals surface area contributed by atoms with Crippen LogP contribution in [0.1, 0.15) is 26.5 Å². The second kappa shape index (κ2) is 2.97. The second-order valence-corrected chi connectivity index (χ2v) is 4.85. The quantitative estimate of drug-likeness (QED) is 0.668. The van der Waals surface area contributed by atoms with E-state index in [0.29, 0.717) is 0 Å². The zero-order valence-electron chi connectivity index (χ0n) is 7.65. The van der Waals surface area contributed by atoms with Gasteiger partial charge in [0.2, 0.25) is 0 Å². The zero-order chi connectivity index (χ0) is 9.52. The molecule has 1 heterocycles. The number of imidazole rings is 1. The molecular weight excluding hydrogens is 270 g/mol. The molecule has 0 N–H and O–H groups in total. The summed E-state index contributed by atoms with van der Waals surface area (Å²) in [7, 11) is 1.70. The first-order valence-electron chi connectivity index (χ1n) is 3.72. The molecule has 0 radical (unpaired) electrons. The molecule has 0 saturated heterocycles. The van der Waals surface area contributed by atoms with E-state index in [9.17, 15) is 4.39 Å². The molecule has 68 valence electrons. The summed E-state index contributed by atoms with van der Waals surface area (Å²) in [5.41, 5.74) is 0.892. The van der Waals surface area contributed by atoms with Crippen LogP contribution in [0.3, 0.4) is 0 Å². The first-order valence-corrected chi connectivity index (χ1v) is 4.80. The maximum atomic E-state index is 13.0. The highest BCUT2D eigenvalue weighted by Crippen LogP contribution is 2.26. The molecule has 1 aromatic heterocycles. The van der Waals surface area contributed by atoms with Gasteiger partial charge >= 0.3 is 0 Å². The van der Waals surface area contributed by atoms with Crippen molar-refractivity contribution in [2.24, 2.45) is 7.05 Å². The molecule has 2 nitrogen and oxygen atoms in total. The summed E-state index contributed by atoms with van der Waals surface area (Å²) in [5.74, 6) is 0. The highest BCUT2D eigenvalue weighted by atomic mass is 127. The number of nitrogens with zero attached hydrogens (tertiary/aromatic N) is 2. The van der Waals surface area contributed by atoms with Crippen LogP contribution in [0.5, 0.6) is 0 Å². The molecule has 1 aromatic rings. The molecule has 0 fully saturated rings. The van der Waals surface area contributed by atoms with E-state index in [0.717, 1.165) is 9.39 Å². The van der Waals surface area contributed by atoms with Crippen LogP contribution in [-0.2, 0) is 12.5 Å². The minimum absolute atomic E-state index is 0.0530. The van der Waals surface area contributed by atoms with E-state index >= 15 is 0 Å². The van der Waals surface area contributed by atoms with E-state index in [-0.39, 0.29) is 5.41 Å². The molecule has 1 rings (SSSR count). The van der Waals surface area contributed by atoms with Gasteiger partial charge in [0.15, 0.2) is 0 Å². The highest BCUT2D eigenvalue weighted by Gasteiger charge is 2.23. The van der Waals surface area contributed by atoms with Gasteiger partial charge in [-0.15, -0.1) is 0 Å². The smallest absolute Gasteiger partial charge is 0.290 e. The maximum Gasteiger partial charge on any atom is 0.290 e. The summed E-state index contributed by atoms with van der Waals surface area (Å²) >= 11 is 2.06.